The van der Waals surface area contributed by atoms with Crippen LogP contribution in [-0.4, -0.2) is 16.9 Å². The first-order valence-electron chi connectivity index (χ1n) is 7.89. The van der Waals surface area contributed by atoms with E-state index < -0.39 is 0 Å². The van der Waals surface area contributed by atoms with Crippen LogP contribution in [0.1, 0.15) is 44.6 Å². The fourth-order valence-corrected chi connectivity index (χ4v) is 2.51. The average Bonchev–Trinajstić information content (AvgIpc) is 3.02. The van der Waals surface area contributed by atoms with Crippen molar-refractivity contribution >= 4 is 0 Å². The molecule has 1 aromatic heterocycles. The summed E-state index contributed by atoms with van der Waals surface area (Å²) in [6.07, 6.45) is 10.1. The van der Waals surface area contributed by atoms with E-state index in [0.717, 1.165) is 29.8 Å². The Kier molecular flexibility index (Phi) is 6.02. The minimum Gasteiger partial charge on any atom is -0.496 e. The Bertz CT molecular complexity index is 640. The molecule has 0 saturated heterocycles. The van der Waals surface area contributed by atoms with Crippen LogP contribution in [0.25, 0.3) is 11.1 Å². The molecule has 0 fully saturated rings. The van der Waals surface area contributed by atoms with Gasteiger partial charge in [-0.2, -0.15) is 10.4 Å². The van der Waals surface area contributed by atoms with Crippen LogP contribution >= 0.6 is 0 Å². The number of hydrogen-bond acceptors (Lipinski definition) is 3. The van der Waals surface area contributed by atoms with E-state index in [0.29, 0.717) is 5.56 Å². The highest BCUT2D eigenvalue weighted by Crippen LogP contribution is 2.30. The molecule has 4 nitrogen and oxygen atoms in total. The average molecular weight is 297 g/mol. The van der Waals surface area contributed by atoms with E-state index in [1.165, 1.54) is 25.7 Å². The normalized spacial score (nSPS) is 10.4. The van der Waals surface area contributed by atoms with Crippen molar-refractivity contribution in [3.05, 3.63) is 36.2 Å². The second-order valence-corrected chi connectivity index (χ2v) is 5.43. The summed E-state index contributed by atoms with van der Waals surface area (Å²) in [6, 6.07) is 7.61. The first kappa shape index (κ1) is 16.1. The summed E-state index contributed by atoms with van der Waals surface area (Å²) in [5.74, 6) is 0.765. The monoisotopic (exact) mass is 297 g/mol. The van der Waals surface area contributed by atoms with Crippen LogP contribution in [0.3, 0.4) is 0 Å². The van der Waals surface area contributed by atoms with Gasteiger partial charge < -0.3 is 4.74 Å². The highest BCUT2D eigenvalue weighted by Gasteiger charge is 2.09. The molecule has 22 heavy (non-hydrogen) atoms. The topological polar surface area (TPSA) is 50.8 Å². The molecule has 0 amide bonds. The van der Waals surface area contributed by atoms with Crippen LogP contribution in [0.5, 0.6) is 5.75 Å². The number of aryl methyl sites for hydroxylation is 1. The second-order valence-electron chi connectivity index (χ2n) is 5.43. The van der Waals surface area contributed by atoms with Crippen LogP contribution in [0, 0.1) is 11.3 Å². The van der Waals surface area contributed by atoms with Crippen molar-refractivity contribution in [3.63, 3.8) is 0 Å². The largest absolute Gasteiger partial charge is 0.496 e. The molecule has 0 N–H and O–H groups in total. The molecule has 1 aromatic carbocycles. The number of hydrogen-bond donors (Lipinski definition) is 0. The molecule has 0 saturated carbocycles. The number of nitriles is 1. The summed E-state index contributed by atoms with van der Waals surface area (Å²) in [4.78, 5) is 0. The number of aromatic nitrogens is 2. The minimum absolute atomic E-state index is 0.628. The Balaban J connectivity index is 2.06. The van der Waals surface area contributed by atoms with Crippen molar-refractivity contribution in [2.45, 2.75) is 45.6 Å². The van der Waals surface area contributed by atoms with Gasteiger partial charge in [-0.05, 0) is 24.6 Å². The summed E-state index contributed by atoms with van der Waals surface area (Å²) in [7, 11) is 1.64. The molecular weight excluding hydrogens is 274 g/mol. The molecule has 2 aromatic rings. The van der Waals surface area contributed by atoms with Gasteiger partial charge in [0, 0.05) is 23.9 Å². The van der Waals surface area contributed by atoms with Gasteiger partial charge in [0.25, 0.3) is 0 Å². The molecule has 0 aliphatic rings. The van der Waals surface area contributed by atoms with Crippen LogP contribution in [0.2, 0.25) is 0 Å². The molecule has 4 heteroatoms. The number of ether oxygens (including phenoxy) is 1. The fourth-order valence-electron chi connectivity index (χ4n) is 2.51. The first-order chi connectivity index (χ1) is 10.8. The fraction of sp³-hybridized carbons (Fsp3) is 0.444. The van der Waals surface area contributed by atoms with E-state index in [9.17, 15) is 0 Å². The number of nitrogens with zero attached hydrogens (tertiary/aromatic N) is 3. The van der Waals surface area contributed by atoms with Crippen molar-refractivity contribution in [2.75, 3.05) is 7.11 Å². The van der Waals surface area contributed by atoms with Gasteiger partial charge in [0.15, 0.2) is 0 Å². The van der Waals surface area contributed by atoms with Gasteiger partial charge >= 0.3 is 0 Å². The summed E-state index contributed by atoms with van der Waals surface area (Å²) < 4.78 is 7.36. The first-order valence-corrected chi connectivity index (χ1v) is 7.89. The summed E-state index contributed by atoms with van der Waals surface area (Å²) >= 11 is 0. The Labute approximate surface area is 132 Å². The summed E-state index contributed by atoms with van der Waals surface area (Å²) in [6.45, 7) is 3.16. The zero-order valence-electron chi connectivity index (χ0n) is 13.4. The van der Waals surface area contributed by atoms with E-state index >= 15 is 0 Å². The lowest BCUT2D eigenvalue weighted by molar-refractivity contribution is 0.416. The molecule has 0 unspecified atom stereocenters. The van der Waals surface area contributed by atoms with E-state index in [1.54, 1.807) is 13.2 Å². The van der Waals surface area contributed by atoms with Gasteiger partial charge in [-0.3, -0.25) is 4.68 Å². The van der Waals surface area contributed by atoms with Crippen molar-refractivity contribution < 1.29 is 4.74 Å². The SMILES string of the molecule is CCCCCCCn1cc(-c2cc(C#N)ccc2OC)cn1. The van der Waals surface area contributed by atoms with E-state index in [-0.39, 0.29) is 0 Å². The molecule has 0 aliphatic heterocycles. The molecule has 116 valence electrons. The maximum atomic E-state index is 9.05. The Morgan fingerprint density at radius 1 is 1.23 bits per heavy atom. The van der Waals surface area contributed by atoms with E-state index in [2.05, 4.69) is 18.1 Å². The van der Waals surface area contributed by atoms with Crippen LogP contribution in [0.15, 0.2) is 30.6 Å². The molecule has 0 spiro atoms. The van der Waals surface area contributed by atoms with Gasteiger partial charge in [-0.25, -0.2) is 0 Å². The summed E-state index contributed by atoms with van der Waals surface area (Å²) in [5, 5.41) is 13.5. The lowest BCUT2D eigenvalue weighted by Gasteiger charge is -2.06. The van der Waals surface area contributed by atoms with E-state index in [4.69, 9.17) is 10.00 Å². The smallest absolute Gasteiger partial charge is 0.126 e. The molecule has 0 radical (unpaired) electrons. The van der Waals surface area contributed by atoms with Gasteiger partial charge in [0.1, 0.15) is 5.75 Å². The van der Waals surface area contributed by atoms with Gasteiger partial charge in [-0.1, -0.05) is 32.6 Å². The van der Waals surface area contributed by atoms with Crippen molar-refractivity contribution in [1.29, 1.82) is 5.26 Å². The lowest BCUT2D eigenvalue weighted by Crippen LogP contribution is -1.97. The molecule has 0 aliphatic carbocycles. The molecular formula is C18H23N3O. The van der Waals surface area contributed by atoms with Crippen molar-refractivity contribution in [2.24, 2.45) is 0 Å². The lowest BCUT2D eigenvalue weighted by atomic mass is 10.1. The molecule has 2 rings (SSSR count). The van der Waals surface area contributed by atoms with Gasteiger partial charge in [0.05, 0.1) is 24.9 Å². The summed E-state index contributed by atoms with van der Waals surface area (Å²) in [5.41, 5.74) is 2.53. The van der Waals surface area contributed by atoms with E-state index in [1.807, 2.05) is 29.2 Å². The highest BCUT2D eigenvalue weighted by molar-refractivity contribution is 5.71. The van der Waals surface area contributed by atoms with Crippen LogP contribution in [0.4, 0.5) is 0 Å². The van der Waals surface area contributed by atoms with Gasteiger partial charge in [-0.15, -0.1) is 0 Å². The Hall–Kier alpha value is -2.28. The molecule has 0 atom stereocenters. The van der Waals surface area contributed by atoms with Crippen molar-refractivity contribution in [1.82, 2.24) is 9.78 Å². The van der Waals surface area contributed by atoms with Crippen LogP contribution < -0.4 is 4.74 Å². The zero-order chi connectivity index (χ0) is 15.8. The number of benzene rings is 1. The third-order valence-electron chi connectivity index (χ3n) is 3.76. The Morgan fingerprint density at radius 3 is 2.77 bits per heavy atom. The highest BCUT2D eigenvalue weighted by atomic mass is 16.5. The third kappa shape index (κ3) is 4.11. The van der Waals surface area contributed by atoms with Crippen LogP contribution in [-0.2, 0) is 6.54 Å². The predicted octanol–water partition coefficient (Wildman–Crippen LogP) is 4.40. The van der Waals surface area contributed by atoms with Crippen molar-refractivity contribution in [3.8, 4) is 22.9 Å². The zero-order valence-corrected chi connectivity index (χ0v) is 13.4. The molecule has 0 bridgehead atoms. The number of unbranched alkanes of at least 4 members (excludes halogenated alkanes) is 4. The second kappa shape index (κ2) is 8.23. The maximum Gasteiger partial charge on any atom is 0.126 e. The minimum atomic E-state index is 0.628. The number of rotatable bonds is 8. The standard InChI is InChI=1S/C18H23N3O/c1-3-4-5-6-7-10-21-14-16(13-20-21)17-11-15(12-19)8-9-18(17)22-2/h8-9,11,13-14H,3-7,10H2,1-2H3. The Morgan fingerprint density at radius 2 is 2.05 bits per heavy atom. The quantitative estimate of drug-likeness (QED) is 0.678. The maximum absolute atomic E-state index is 9.05. The number of methoxy groups -OCH3 is 1. The predicted molar refractivity (Wildman–Crippen MR) is 87.7 cm³/mol. The third-order valence-corrected chi connectivity index (χ3v) is 3.76. The molecule has 1 heterocycles. The van der Waals surface area contributed by atoms with Gasteiger partial charge in [0.2, 0.25) is 0 Å².